The van der Waals surface area contributed by atoms with Gasteiger partial charge in [-0.3, -0.25) is 19.4 Å². The second-order valence-electron chi connectivity index (χ2n) is 6.37. The fraction of sp³-hybridized carbons (Fsp3) is 0.316. The van der Waals surface area contributed by atoms with Gasteiger partial charge in [0.15, 0.2) is 0 Å². The summed E-state index contributed by atoms with van der Waals surface area (Å²) in [5.74, 6) is -2.04. The third-order valence-corrected chi connectivity index (χ3v) is 5.13. The number of nitrogens with zero attached hydrogens (tertiary/aromatic N) is 1. The van der Waals surface area contributed by atoms with E-state index < -0.39 is 35.8 Å². The van der Waals surface area contributed by atoms with Gasteiger partial charge in [-0.25, -0.2) is 4.79 Å². The zero-order valence-electron chi connectivity index (χ0n) is 15.4. The number of hydrogen-bond acceptors (Lipinski definition) is 7. The quantitative estimate of drug-likeness (QED) is 0.605. The van der Waals surface area contributed by atoms with Crippen LogP contribution in [0, 0.1) is 0 Å². The zero-order valence-corrected chi connectivity index (χ0v) is 16.2. The maximum Gasteiger partial charge on any atom is 0.408 e. The molecule has 2 unspecified atom stereocenters. The minimum Gasteiger partial charge on any atom is -0.445 e. The third kappa shape index (κ3) is 5.61. The summed E-state index contributed by atoms with van der Waals surface area (Å²) in [5.41, 5.74) is 2.33. The van der Waals surface area contributed by atoms with E-state index in [1.54, 1.807) is 0 Å². The molecule has 0 spiro atoms. The van der Waals surface area contributed by atoms with Crippen molar-refractivity contribution >= 4 is 35.0 Å². The van der Waals surface area contributed by atoms with Crippen molar-refractivity contribution in [3.05, 3.63) is 52.5 Å². The van der Waals surface area contributed by atoms with Gasteiger partial charge in [0.05, 0.1) is 16.4 Å². The summed E-state index contributed by atoms with van der Waals surface area (Å²) in [6.07, 6.45) is 1.55. The van der Waals surface area contributed by atoms with Crippen LogP contribution in [-0.4, -0.2) is 41.3 Å². The van der Waals surface area contributed by atoms with Gasteiger partial charge in [-0.1, -0.05) is 30.3 Å². The van der Waals surface area contributed by atoms with Crippen molar-refractivity contribution in [3.8, 4) is 0 Å². The van der Waals surface area contributed by atoms with Gasteiger partial charge in [-0.15, -0.1) is 11.3 Å². The summed E-state index contributed by atoms with van der Waals surface area (Å²) >= 11 is 1.18. The van der Waals surface area contributed by atoms with Crippen LogP contribution in [0.15, 0.2) is 42.0 Å². The summed E-state index contributed by atoms with van der Waals surface area (Å²) in [7, 11) is 0. The lowest BCUT2D eigenvalue weighted by atomic mass is 10.1. The van der Waals surface area contributed by atoms with Crippen LogP contribution in [0.3, 0.4) is 0 Å². The monoisotopic (exact) mass is 416 g/mol. The number of benzene rings is 1. The molecule has 1 aromatic carbocycles. The van der Waals surface area contributed by atoms with Gasteiger partial charge in [0, 0.05) is 12.7 Å². The van der Waals surface area contributed by atoms with Gasteiger partial charge >= 0.3 is 6.09 Å². The standard InChI is InChI=1S/C19H20N4O5S/c24-16-13(7-4-8-21-18(16)26)22-17(25)15(14-9-20-11-29-14)23-19(27)28-10-12-5-2-1-3-6-12/h1-3,5-6,9,11,13,15H,4,7-8,10H2,(H,21,26)(H,22,25)(H,23,27). The van der Waals surface area contributed by atoms with Gasteiger partial charge in [0.25, 0.3) is 5.91 Å². The topological polar surface area (TPSA) is 126 Å². The first-order chi connectivity index (χ1) is 14.0. The number of carbonyl (C=O) groups is 4. The predicted octanol–water partition coefficient (Wildman–Crippen LogP) is 1.07. The first-order valence-corrected chi connectivity index (χ1v) is 9.90. The number of aromatic nitrogens is 1. The highest BCUT2D eigenvalue weighted by Gasteiger charge is 2.32. The van der Waals surface area contributed by atoms with E-state index in [0.29, 0.717) is 24.3 Å². The van der Waals surface area contributed by atoms with Crippen LogP contribution in [0.1, 0.15) is 29.3 Å². The predicted molar refractivity (Wildman–Crippen MR) is 104 cm³/mol. The Morgan fingerprint density at radius 2 is 2.07 bits per heavy atom. The first kappa shape index (κ1) is 20.5. The largest absolute Gasteiger partial charge is 0.445 e. The minimum atomic E-state index is -1.09. The molecule has 1 aliphatic rings. The minimum absolute atomic E-state index is 0.0466. The Morgan fingerprint density at radius 3 is 2.79 bits per heavy atom. The zero-order chi connectivity index (χ0) is 20.6. The molecule has 1 aliphatic heterocycles. The van der Waals surface area contributed by atoms with Crippen molar-refractivity contribution < 1.29 is 23.9 Å². The van der Waals surface area contributed by atoms with Crippen molar-refractivity contribution in [3.63, 3.8) is 0 Å². The van der Waals surface area contributed by atoms with Crippen molar-refractivity contribution in [2.75, 3.05) is 6.54 Å². The molecule has 29 heavy (non-hydrogen) atoms. The van der Waals surface area contributed by atoms with E-state index in [-0.39, 0.29) is 6.61 Å². The number of amides is 3. The van der Waals surface area contributed by atoms with Gasteiger partial charge in [0.1, 0.15) is 12.6 Å². The van der Waals surface area contributed by atoms with E-state index in [1.807, 2.05) is 30.3 Å². The molecule has 2 heterocycles. The molecule has 3 N–H and O–H groups in total. The Hall–Kier alpha value is -3.27. The Labute approximate surface area is 170 Å². The molecule has 0 aliphatic carbocycles. The van der Waals surface area contributed by atoms with Crippen LogP contribution in [-0.2, 0) is 25.7 Å². The number of thiazole rings is 1. The average molecular weight is 416 g/mol. The lowest BCUT2D eigenvalue weighted by Gasteiger charge is -2.20. The maximum absolute atomic E-state index is 12.8. The number of alkyl carbamates (subject to hydrolysis) is 1. The van der Waals surface area contributed by atoms with Gasteiger partial charge < -0.3 is 20.7 Å². The molecule has 3 amide bonds. The highest BCUT2D eigenvalue weighted by molar-refractivity contribution is 7.09. The lowest BCUT2D eigenvalue weighted by Crippen LogP contribution is -2.49. The summed E-state index contributed by atoms with van der Waals surface area (Å²) in [4.78, 5) is 53.3. The number of carbonyl (C=O) groups excluding carboxylic acids is 4. The van der Waals surface area contributed by atoms with E-state index in [2.05, 4.69) is 20.9 Å². The summed E-state index contributed by atoms with van der Waals surface area (Å²) in [6.45, 7) is 0.421. The van der Waals surface area contributed by atoms with E-state index in [0.717, 1.165) is 5.56 Å². The van der Waals surface area contributed by atoms with Gasteiger partial charge in [-0.05, 0) is 18.4 Å². The van der Waals surface area contributed by atoms with Crippen LogP contribution < -0.4 is 16.0 Å². The molecule has 0 saturated carbocycles. The number of hydrogen-bond donors (Lipinski definition) is 3. The van der Waals surface area contributed by atoms with E-state index in [9.17, 15) is 19.2 Å². The van der Waals surface area contributed by atoms with Crippen molar-refractivity contribution in [2.24, 2.45) is 0 Å². The molecule has 3 rings (SSSR count). The Kier molecular flexibility index (Phi) is 6.90. The highest BCUT2D eigenvalue weighted by Crippen LogP contribution is 2.19. The molecule has 152 valence electrons. The SMILES string of the molecule is O=C(NC(C(=O)NC1CCCNC(=O)C1=O)c1cncs1)OCc1ccccc1. The number of ketones is 1. The van der Waals surface area contributed by atoms with E-state index in [1.165, 1.54) is 23.0 Å². The molecule has 1 fully saturated rings. The highest BCUT2D eigenvalue weighted by atomic mass is 32.1. The Morgan fingerprint density at radius 1 is 1.28 bits per heavy atom. The number of nitrogens with one attached hydrogen (secondary N) is 3. The Bertz CT molecular complexity index is 872. The molecule has 1 saturated heterocycles. The van der Waals surface area contributed by atoms with Crippen LogP contribution >= 0.6 is 11.3 Å². The number of ether oxygens (including phenoxy) is 1. The summed E-state index contributed by atoms with van der Waals surface area (Å²) in [6, 6.07) is 7.08. The maximum atomic E-state index is 12.8. The molecule has 1 aromatic heterocycles. The molecule has 0 bridgehead atoms. The average Bonchev–Trinajstić information content (AvgIpc) is 3.22. The molecule has 2 atom stereocenters. The lowest BCUT2D eigenvalue weighted by molar-refractivity contribution is -0.139. The van der Waals surface area contributed by atoms with Crippen molar-refractivity contribution in [1.29, 1.82) is 0 Å². The van der Waals surface area contributed by atoms with Crippen LogP contribution in [0.2, 0.25) is 0 Å². The molecular formula is C19H20N4O5S. The smallest absolute Gasteiger partial charge is 0.408 e. The van der Waals surface area contributed by atoms with Crippen molar-refractivity contribution in [1.82, 2.24) is 20.9 Å². The number of rotatable bonds is 6. The Balaban J connectivity index is 1.65. The van der Waals surface area contributed by atoms with Crippen LogP contribution in [0.25, 0.3) is 0 Å². The molecule has 10 heteroatoms. The summed E-state index contributed by atoms with van der Waals surface area (Å²) in [5, 5.41) is 7.55. The first-order valence-electron chi connectivity index (χ1n) is 9.02. The molecule has 9 nitrogen and oxygen atoms in total. The van der Waals surface area contributed by atoms with E-state index >= 15 is 0 Å². The second-order valence-corrected chi connectivity index (χ2v) is 7.28. The third-order valence-electron chi connectivity index (χ3n) is 4.28. The fourth-order valence-electron chi connectivity index (χ4n) is 2.79. The molecular weight excluding hydrogens is 396 g/mol. The van der Waals surface area contributed by atoms with Gasteiger partial charge in [-0.2, -0.15) is 0 Å². The fourth-order valence-corrected chi connectivity index (χ4v) is 3.46. The second kappa shape index (κ2) is 9.78. The normalized spacial score (nSPS) is 17.6. The van der Waals surface area contributed by atoms with Gasteiger partial charge in [0.2, 0.25) is 11.7 Å². The van der Waals surface area contributed by atoms with Crippen molar-refractivity contribution in [2.45, 2.75) is 31.5 Å². The summed E-state index contributed by atoms with van der Waals surface area (Å²) < 4.78 is 5.18. The molecule has 0 radical (unpaired) electrons. The molecule has 2 aromatic rings. The number of Topliss-reactive ketones (excluding diaryl/α,β-unsaturated/α-hetero) is 1. The van der Waals surface area contributed by atoms with E-state index in [4.69, 9.17) is 4.74 Å². The van der Waals surface area contributed by atoms with Crippen LogP contribution in [0.4, 0.5) is 4.79 Å². The van der Waals surface area contributed by atoms with Crippen LogP contribution in [0.5, 0.6) is 0 Å².